The zero-order chi connectivity index (χ0) is 20.8. The third-order valence-electron chi connectivity index (χ3n) is 5.30. The van der Waals surface area contributed by atoms with Crippen molar-refractivity contribution in [3.05, 3.63) is 103 Å². The number of non-ortho nitro benzene ring substituents is 1. The molecule has 2 aliphatic heterocycles. The number of nitrogens with zero attached hydrogens (tertiary/aromatic N) is 3. The first-order chi connectivity index (χ1) is 14.5. The fraction of sp³-hybridized carbons (Fsp3) is 0.136. The lowest BCUT2D eigenvalue weighted by Crippen LogP contribution is -2.33. The second kappa shape index (κ2) is 7.41. The lowest BCUT2D eigenvalue weighted by Gasteiger charge is -2.38. The van der Waals surface area contributed by atoms with Gasteiger partial charge in [-0.15, -0.1) is 0 Å². The summed E-state index contributed by atoms with van der Waals surface area (Å²) in [4.78, 5) is 10.9. The molecule has 0 fully saturated rings. The summed E-state index contributed by atoms with van der Waals surface area (Å²) in [6.45, 7) is 0. The molecule has 150 valence electrons. The second-order valence-electron chi connectivity index (χ2n) is 7.16. The number of rotatable bonds is 3. The predicted molar refractivity (Wildman–Crippen MR) is 118 cm³/mol. The number of hydrogen-bond donors (Lipinski definition) is 0. The topological polar surface area (TPSA) is 68.0 Å². The van der Waals surface area contributed by atoms with E-state index in [1.807, 2.05) is 47.5 Å². The monoisotopic (exact) mass is 483 g/mol. The molecule has 0 bridgehead atoms. The van der Waals surface area contributed by atoms with E-state index >= 15 is 0 Å². The second-order valence-corrected chi connectivity index (χ2v) is 8.51. The van der Waals surface area contributed by atoms with Crippen LogP contribution >= 0.6 is 27.5 Å². The maximum Gasteiger partial charge on any atom is 0.269 e. The van der Waals surface area contributed by atoms with Gasteiger partial charge in [0.25, 0.3) is 5.69 Å². The molecule has 3 aromatic rings. The number of benzene rings is 3. The Morgan fingerprint density at radius 1 is 1.13 bits per heavy atom. The third kappa shape index (κ3) is 3.34. The van der Waals surface area contributed by atoms with Gasteiger partial charge in [0.05, 0.1) is 16.7 Å². The Morgan fingerprint density at radius 3 is 2.70 bits per heavy atom. The van der Waals surface area contributed by atoms with Crippen molar-refractivity contribution >= 4 is 38.9 Å². The van der Waals surface area contributed by atoms with Gasteiger partial charge in [-0.3, -0.25) is 10.1 Å². The van der Waals surface area contributed by atoms with Gasteiger partial charge in [0, 0.05) is 39.2 Å². The average Bonchev–Trinajstić information content (AvgIpc) is 3.19. The average molecular weight is 485 g/mol. The van der Waals surface area contributed by atoms with Gasteiger partial charge in [-0.05, 0) is 35.9 Å². The van der Waals surface area contributed by atoms with Crippen LogP contribution in [0.2, 0.25) is 5.02 Å². The molecule has 2 aliphatic rings. The molecule has 2 atom stereocenters. The van der Waals surface area contributed by atoms with Crippen molar-refractivity contribution < 1.29 is 9.66 Å². The lowest BCUT2D eigenvalue weighted by molar-refractivity contribution is -0.385. The molecule has 0 aromatic heterocycles. The van der Waals surface area contributed by atoms with Crippen molar-refractivity contribution in [3.63, 3.8) is 0 Å². The van der Waals surface area contributed by atoms with Gasteiger partial charge in [-0.2, -0.15) is 5.10 Å². The highest BCUT2D eigenvalue weighted by atomic mass is 79.9. The molecule has 0 N–H and O–H groups in total. The fourth-order valence-electron chi connectivity index (χ4n) is 3.89. The number of hydrazone groups is 1. The Balaban J connectivity index is 1.60. The Labute approximate surface area is 186 Å². The lowest BCUT2D eigenvalue weighted by atomic mass is 9.96. The predicted octanol–water partition coefficient (Wildman–Crippen LogP) is 6.25. The van der Waals surface area contributed by atoms with Gasteiger partial charge in [0.2, 0.25) is 6.23 Å². The maximum atomic E-state index is 11.3. The van der Waals surface area contributed by atoms with Crippen molar-refractivity contribution in [3.8, 4) is 5.75 Å². The minimum absolute atomic E-state index is 0.0193. The number of halogens is 2. The Hall–Kier alpha value is -2.90. The van der Waals surface area contributed by atoms with Crippen molar-refractivity contribution in [2.45, 2.75) is 18.7 Å². The van der Waals surface area contributed by atoms with E-state index in [1.165, 1.54) is 12.1 Å². The highest BCUT2D eigenvalue weighted by molar-refractivity contribution is 9.10. The Morgan fingerprint density at radius 2 is 1.93 bits per heavy atom. The third-order valence-corrected chi connectivity index (χ3v) is 6.06. The van der Waals surface area contributed by atoms with Crippen LogP contribution in [0.5, 0.6) is 5.75 Å². The van der Waals surface area contributed by atoms with E-state index in [0.29, 0.717) is 22.8 Å². The van der Waals surface area contributed by atoms with Gasteiger partial charge in [0.15, 0.2) is 0 Å². The first-order valence-corrected chi connectivity index (χ1v) is 10.5. The molecule has 0 unspecified atom stereocenters. The zero-order valence-corrected chi connectivity index (χ0v) is 17.9. The van der Waals surface area contributed by atoms with Gasteiger partial charge < -0.3 is 4.74 Å². The molecule has 0 aliphatic carbocycles. The molecular weight excluding hydrogens is 470 g/mol. The van der Waals surface area contributed by atoms with Crippen LogP contribution in [-0.2, 0) is 0 Å². The van der Waals surface area contributed by atoms with E-state index in [0.717, 1.165) is 21.3 Å². The molecule has 0 spiro atoms. The summed E-state index contributed by atoms with van der Waals surface area (Å²) in [5.41, 5.74) is 3.61. The molecule has 3 aromatic carbocycles. The van der Waals surface area contributed by atoms with E-state index < -0.39 is 11.2 Å². The highest BCUT2D eigenvalue weighted by Crippen LogP contribution is 2.48. The molecular formula is C22H15BrClN3O3. The minimum atomic E-state index is -0.573. The SMILES string of the molecule is O=[N+]([O-])c1cccc([C@@H]2Oc3ccc(Cl)cc3[C@@H]3CC(c4ccc(Br)cc4)=NN32)c1. The maximum absolute atomic E-state index is 11.3. The van der Waals surface area contributed by atoms with Crippen LogP contribution in [0.3, 0.4) is 0 Å². The molecule has 30 heavy (non-hydrogen) atoms. The Bertz CT molecular complexity index is 1180. The summed E-state index contributed by atoms with van der Waals surface area (Å²) in [7, 11) is 0. The quantitative estimate of drug-likeness (QED) is 0.325. The number of fused-ring (bicyclic) bond motifs is 3. The molecule has 6 nitrogen and oxygen atoms in total. The number of nitro benzene ring substituents is 1. The first-order valence-electron chi connectivity index (χ1n) is 9.32. The standard InChI is InChI=1S/C22H15BrClN3O3/c23-15-6-4-13(5-7-15)19-12-20-18-11-16(24)8-9-21(18)30-22(26(20)25-19)14-2-1-3-17(10-14)27(28)29/h1-11,20,22H,12H2/t20-,22-/m0/s1. The van der Waals surface area contributed by atoms with E-state index in [1.54, 1.807) is 12.1 Å². The smallest absolute Gasteiger partial charge is 0.269 e. The van der Waals surface area contributed by atoms with Crippen molar-refractivity contribution in [2.24, 2.45) is 5.10 Å². The normalized spacial score (nSPS) is 19.5. The largest absolute Gasteiger partial charge is 0.464 e. The molecule has 0 saturated heterocycles. The summed E-state index contributed by atoms with van der Waals surface area (Å²) in [5, 5.41) is 18.6. The van der Waals surface area contributed by atoms with Crippen LogP contribution in [0.4, 0.5) is 5.69 Å². The summed E-state index contributed by atoms with van der Waals surface area (Å²) in [6, 6.07) is 19.9. The number of hydrogen-bond acceptors (Lipinski definition) is 5. The van der Waals surface area contributed by atoms with E-state index in [9.17, 15) is 10.1 Å². The van der Waals surface area contributed by atoms with E-state index in [2.05, 4.69) is 15.9 Å². The van der Waals surface area contributed by atoms with Crippen LogP contribution in [0.1, 0.15) is 35.4 Å². The Kier molecular flexibility index (Phi) is 4.72. The number of ether oxygens (including phenoxy) is 1. The molecule has 0 radical (unpaired) electrons. The zero-order valence-electron chi connectivity index (χ0n) is 15.5. The summed E-state index contributed by atoms with van der Waals surface area (Å²) in [6.07, 6.45) is 0.112. The molecule has 0 saturated carbocycles. The highest BCUT2D eigenvalue weighted by Gasteiger charge is 2.41. The van der Waals surface area contributed by atoms with E-state index in [4.69, 9.17) is 21.4 Å². The van der Waals surface area contributed by atoms with E-state index in [-0.39, 0.29) is 11.7 Å². The van der Waals surface area contributed by atoms with Crippen LogP contribution in [0, 0.1) is 10.1 Å². The van der Waals surface area contributed by atoms with Gasteiger partial charge in [0.1, 0.15) is 5.75 Å². The minimum Gasteiger partial charge on any atom is -0.464 e. The van der Waals surface area contributed by atoms with Crippen molar-refractivity contribution in [1.82, 2.24) is 5.01 Å². The molecule has 0 amide bonds. The van der Waals surface area contributed by atoms with Gasteiger partial charge in [-0.25, -0.2) is 5.01 Å². The van der Waals surface area contributed by atoms with Crippen molar-refractivity contribution in [2.75, 3.05) is 0 Å². The van der Waals surface area contributed by atoms with Crippen LogP contribution < -0.4 is 4.74 Å². The van der Waals surface area contributed by atoms with Crippen LogP contribution in [0.25, 0.3) is 0 Å². The number of nitro groups is 1. The van der Waals surface area contributed by atoms with Gasteiger partial charge in [-0.1, -0.05) is 51.8 Å². The van der Waals surface area contributed by atoms with Crippen molar-refractivity contribution in [1.29, 1.82) is 0 Å². The van der Waals surface area contributed by atoms with Gasteiger partial charge >= 0.3 is 0 Å². The van der Waals surface area contributed by atoms with Crippen LogP contribution in [0.15, 0.2) is 76.3 Å². The summed E-state index contributed by atoms with van der Waals surface area (Å²) in [5.74, 6) is 0.712. The molecule has 2 heterocycles. The first kappa shape index (κ1) is 19.1. The fourth-order valence-corrected chi connectivity index (χ4v) is 4.33. The summed E-state index contributed by atoms with van der Waals surface area (Å²) < 4.78 is 7.25. The van der Waals surface area contributed by atoms with Crippen LogP contribution in [-0.4, -0.2) is 15.6 Å². The molecule has 8 heteroatoms. The molecule has 5 rings (SSSR count). The summed E-state index contributed by atoms with van der Waals surface area (Å²) >= 11 is 9.72.